The molecule has 1 heterocycles. The van der Waals surface area contributed by atoms with E-state index in [1.807, 2.05) is 48.6 Å². The molecule has 3 rings (SSSR count). The van der Waals surface area contributed by atoms with Crippen LogP contribution in [0.25, 0.3) is 23.1 Å². The van der Waals surface area contributed by atoms with E-state index in [-0.39, 0.29) is 0 Å². The number of hydrogen-bond donors (Lipinski definition) is 1. The van der Waals surface area contributed by atoms with Crippen LogP contribution < -0.4 is 5.30 Å². The number of H-pyrrole nitrogens is 1. The summed E-state index contributed by atoms with van der Waals surface area (Å²) in [5.74, 6) is 0. The lowest BCUT2D eigenvalue weighted by Gasteiger charge is -2.13. The number of rotatable bonds is 5. The average Bonchev–Trinajstić information content (AvgIpc) is 3.02. The summed E-state index contributed by atoms with van der Waals surface area (Å²) in [7, 11) is -0.526. The normalized spacial score (nSPS) is 12.3. The highest BCUT2D eigenvalue weighted by molar-refractivity contribution is 7.62. The second-order valence-electron chi connectivity index (χ2n) is 4.95. The van der Waals surface area contributed by atoms with Gasteiger partial charge < -0.3 is 9.05 Å². The first-order valence-corrected chi connectivity index (χ1v) is 8.64. The molecule has 1 N–H and O–H groups in total. The first kappa shape index (κ1) is 15.7. The van der Waals surface area contributed by atoms with Crippen molar-refractivity contribution in [3.63, 3.8) is 0 Å². The highest BCUT2D eigenvalue weighted by Crippen LogP contribution is 2.45. The molecule has 1 aromatic heterocycles. The van der Waals surface area contributed by atoms with Crippen LogP contribution in [0.1, 0.15) is 11.3 Å². The van der Waals surface area contributed by atoms with Crippen LogP contribution >= 0.6 is 7.60 Å². The molecule has 0 spiro atoms. The van der Waals surface area contributed by atoms with Crippen LogP contribution in [-0.2, 0) is 13.6 Å². The molecule has 0 unspecified atom stereocenters. The molecule has 0 aliphatic heterocycles. The maximum atomic E-state index is 12.5. The molecular weight excluding hydrogens is 311 g/mol. The third-order valence-electron chi connectivity index (χ3n) is 3.61. The summed E-state index contributed by atoms with van der Waals surface area (Å²) in [6.45, 7) is 0. The summed E-state index contributed by atoms with van der Waals surface area (Å²) in [5.41, 5.74) is 2.71. The molecule has 3 aromatic rings. The van der Waals surface area contributed by atoms with Crippen LogP contribution in [0.4, 0.5) is 0 Å². The third-order valence-corrected chi connectivity index (χ3v) is 5.48. The van der Waals surface area contributed by atoms with Gasteiger partial charge in [0.05, 0.1) is 16.5 Å². The van der Waals surface area contributed by atoms with Gasteiger partial charge in [0.1, 0.15) is 0 Å². The minimum absolute atomic E-state index is 0.505. The van der Waals surface area contributed by atoms with Crippen molar-refractivity contribution < 1.29 is 13.6 Å². The van der Waals surface area contributed by atoms with E-state index in [2.05, 4.69) is 10.2 Å². The van der Waals surface area contributed by atoms with Crippen molar-refractivity contribution in [2.75, 3.05) is 14.2 Å². The molecule has 0 aliphatic rings. The zero-order chi connectivity index (χ0) is 16.3. The van der Waals surface area contributed by atoms with E-state index in [4.69, 9.17) is 9.05 Å². The summed E-state index contributed by atoms with van der Waals surface area (Å²) in [5, 5.41) is 8.64. The molecule has 0 radical (unpaired) electrons. The molecule has 0 aliphatic carbocycles. The summed E-state index contributed by atoms with van der Waals surface area (Å²) >= 11 is 0. The lowest BCUT2D eigenvalue weighted by molar-refractivity contribution is 0.287. The van der Waals surface area contributed by atoms with Crippen LogP contribution in [0.15, 0.2) is 48.5 Å². The number of nitrogens with one attached hydrogen (secondary N) is 1. The summed E-state index contributed by atoms with van der Waals surface area (Å²) < 4.78 is 22.6. The van der Waals surface area contributed by atoms with Crippen molar-refractivity contribution in [3.05, 3.63) is 59.8 Å². The maximum Gasteiger partial charge on any atom is 0.360 e. The monoisotopic (exact) mass is 328 g/mol. The Labute approximate surface area is 134 Å². The maximum absolute atomic E-state index is 12.5. The number of fused-ring (bicyclic) bond motifs is 1. The molecule has 0 atom stereocenters. The Morgan fingerprint density at radius 2 is 1.78 bits per heavy atom. The van der Waals surface area contributed by atoms with Gasteiger partial charge in [-0.2, -0.15) is 5.10 Å². The minimum atomic E-state index is -3.28. The van der Waals surface area contributed by atoms with Crippen LogP contribution in [0.2, 0.25) is 0 Å². The van der Waals surface area contributed by atoms with Crippen LogP contribution in [0.3, 0.4) is 0 Å². The first-order chi connectivity index (χ1) is 11.2. The van der Waals surface area contributed by atoms with Gasteiger partial charge in [-0.3, -0.25) is 9.66 Å². The van der Waals surface area contributed by atoms with Crippen LogP contribution in [0, 0.1) is 0 Å². The molecule has 0 saturated heterocycles. The molecular formula is C17H17N2O3P. The van der Waals surface area contributed by atoms with E-state index in [0.717, 1.165) is 22.2 Å². The Balaban J connectivity index is 2.02. The highest BCUT2D eigenvalue weighted by Gasteiger charge is 2.25. The second kappa shape index (κ2) is 6.50. The Kier molecular flexibility index (Phi) is 4.44. The first-order valence-electron chi connectivity index (χ1n) is 7.09. The van der Waals surface area contributed by atoms with E-state index >= 15 is 0 Å². The topological polar surface area (TPSA) is 64.2 Å². The molecule has 0 saturated carbocycles. The Morgan fingerprint density at radius 1 is 1.04 bits per heavy atom. The van der Waals surface area contributed by atoms with Gasteiger partial charge in [-0.05, 0) is 29.8 Å². The average molecular weight is 328 g/mol. The Morgan fingerprint density at radius 3 is 2.48 bits per heavy atom. The van der Waals surface area contributed by atoms with Crippen molar-refractivity contribution in [2.24, 2.45) is 0 Å². The lowest BCUT2D eigenvalue weighted by Crippen LogP contribution is -2.07. The van der Waals surface area contributed by atoms with Crippen LogP contribution in [-0.4, -0.2) is 24.4 Å². The summed E-state index contributed by atoms with van der Waals surface area (Å²) in [6.07, 6.45) is 3.90. The van der Waals surface area contributed by atoms with Gasteiger partial charge in [-0.25, -0.2) is 0 Å². The van der Waals surface area contributed by atoms with Crippen molar-refractivity contribution in [1.29, 1.82) is 0 Å². The van der Waals surface area contributed by atoms with E-state index in [1.54, 1.807) is 12.1 Å². The quantitative estimate of drug-likeness (QED) is 0.723. The Bertz CT molecular complexity index is 879. The number of aromatic nitrogens is 2. The lowest BCUT2D eigenvalue weighted by atomic mass is 10.1. The smallest absolute Gasteiger partial charge is 0.309 e. The molecule has 0 amide bonds. The van der Waals surface area contributed by atoms with Gasteiger partial charge in [0, 0.05) is 19.6 Å². The molecule has 6 heteroatoms. The fourth-order valence-corrected chi connectivity index (χ4v) is 3.46. The predicted molar refractivity (Wildman–Crippen MR) is 92.7 cm³/mol. The number of benzene rings is 2. The van der Waals surface area contributed by atoms with Crippen molar-refractivity contribution >= 4 is 36.0 Å². The van der Waals surface area contributed by atoms with E-state index in [1.165, 1.54) is 14.2 Å². The zero-order valence-corrected chi connectivity index (χ0v) is 13.8. The third kappa shape index (κ3) is 3.13. The molecule has 0 bridgehead atoms. The van der Waals surface area contributed by atoms with E-state index < -0.39 is 7.60 Å². The van der Waals surface area contributed by atoms with E-state index in [0.29, 0.717) is 5.30 Å². The van der Waals surface area contributed by atoms with Gasteiger partial charge in [-0.15, -0.1) is 0 Å². The molecule has 0 fully saturated rings. The predicted octanol–water partition coefficient (Wildman–Crippen LogP) is 3.84. The zero-order valence-electron chi connectivity index (χ0n) is 12.9. The SMILES string of the molecule is COP(=O)(OC)c1ccc2[nH]nc(/C=C/c3ccccc3)c2c1. The molecule has 5 nitrogen and oxygen atoms in total. The number of nitrogens with zero attached hydrogens (tertiary/aromatic N) is 1. The molecule has 23 heavy (non-hydrogen) atoms. The van der Waals surface area contributed by atoms with Gasteiger partial charge in [0.2, 0.25) is 0 Å². The van der Waals surface area contributed by atoms with Crippen molar-refractivity contribution in [1.82, 2.24) is 10.2 Å². The number of hydrogen-bond acceptors (Lipinski definition) is 4. The van der Waals surface area contributed by atoms with E-state index in [9.17, 15) is 4.57 Å². The summed E-state index contributed by atoms with van der Waals surface area (Å²) in [6, 6.07) is 15.3. The summed E-state index contributed by atoms with van der Waals surface area (Å²) in [4.78, 5) is 0. The molecule has 118 valence electrons. The largest absolute Gasteiger partial charge is 0.360 e. The second-order valence-corrected chi connectivity index (χ2v) is 7.19. The van der Waals surface area contributed by atoms with Crippen LogP contribution in [0.5, 0.6) is 0 Å². The van der Waals surface area contributed by atoms with Crippen molar-refractivity contribution in [3.8, 4) is 0 Å². The number of aromatic amines is 1. The minimum Gasteiger partial charge on any atom is -0.309 e. The fourth-order valence-electron chi connectivity index (χ4n) is 2.34. The Hall–Kier alpha value is -2.20. The molecule has 2 aromatic carbocycles. The standard InChI is InChI=1S/C17H17N2O3P/c1-21-23(20,22-2)14-9-11-17-15(12-14)16(18-19-17)10-8-13-6-4-3-5-7-13/h3-12H,1-2H3,(H,18,19)/b10-8+. The van der Waals surface area contributed by atoms with Gasteiger partial charge in [-0.1, -0.05) is 36.4 Å². The van der Waals surface area contributed by atoms with Gasteiger partial charge in [0.15, 0.2) is 0 Å². The van der Waals surface area contributed by atoms with Gasteiger partial charge >= 0.3 is 7.60 Å². The highest BCUT2D eigenvalue weighted by atomic mass is 31.2. The fraction of sp³-hybridized carbons (Fsp3) is 0.118. The van der Waals surface area contributed by atoms with Crippen molar-refractivity contribution in [2.45, 2.75) is 0 Å². The van der Waals surface area contributed by atoms with Gasteiger partial charge in [0.25, 0.3) is 0 Å².